The van der Waals surface area contributed by atoms with Gasteiger partial charge in [-0.05, 0) is 140 Å². The van der Waals surface area contributed by atoms with E-state index in [0.717, 1.165) is 69.3 Å². The van der Waals surface area contributed by atoms with Crippen LogP contribution in [0, 0.1) is 13.8 Å². The summed E-state index contributed by atoms with van der Waals surface area (Å²) in [5.41, 5.74) is 3.68. The number of aliphatic carboxylic acids is 2. The number of carboxylic acids is 2. The van der Waals surface area contributed by atoms with E-state index in [9.17, 15) is 0 Å². The largest absolute Gasteiger partial charge is 0.473 e. The van der Waals surface area contributed by atoms with Crippen LogP contribution in [-0.4, -0.2) is 111 Å². The topological polar surface area (TPSA) is 193 Å². The van der Waals surface area contributed by atoms with Crippen LogP contribution in [0.2, 0.25) is 0 Å². The van der Waals surface area contributed by atoms with Crippen LogP contribution in [0.15, 0.2) is 69.8 Å². The molecule has 2 unspecified atom stereocenters. The molecule has 0 bridgehead atoms. The lowest BCUT2D eigenvalue weighted by molar-refractivity contribution is -0.159. The van der Waals surface area contributed by atoms with Gasteiger partial charge in [-0.1, -0.05) is 38.5 Å². The minimum atomic E-state index is -1.82. The molecule has 66 heavy (non-hydrogen) atoms. The number of likely N-dealkylation sites (tertiary alicyclic amines) is 2. The molecule has 10 rings (SSSR count). The zero-order valence-electron chi connectivity index (χ0n) is 38.7. The molecule has 0 amide bonds. The van der Waals surface area contributed by atoms with E-state index in [4.69, 9.17) is 38.6 Å². The molecule has 0 aromatic carbocycles. The van der Waals surface area contributed by atoms with Gasteiger partial charge < -0.3 is 39.5 Å². The summed E-state index contributed by atoms with van der Waals surface area (Å²) >= 11 is 0. The second-order valence-corrected chi connectivity index (χ2v) is 18.6. The number of rotatable bonds is 10. The molecule has 0 spiro atoms. The summed E-state index contributed by atoms with van der Waals surface area (Å²) in [5.74, 6) is 1.91. The Kier molecular flexibility index (Phi) is 16.0. The molecule has 16 nitrogen and oxygen atoms in total. The van der Waals surface area contributed by atoms with Crippen molar-refractivity contribution in [3.05, 3.63) is 84.0 Å². The molecule has 4 fully saturated rings. The lowest BCUT2D eigenvalue weighted by Gasteiger charge is -2.33. The van der Waals surface area contributed by atoms with Crippen LogP contribution in [0.1, 0.15) is 126 Å². The number of aromatic nitrogens is 6. The van der Waals surface area contributed by atoms with Gasteiger partial charge in [-0.3, -0.25) is 9.13 Å². The highest BCUT2D eigenvalue weighted by Gasteiger charge is 2.27. The van der Waals surface area contributed by atoms with E-state index in [1.54, 1.807) is 0 Å². The van der Waals surface area contributed by atoms with Crippen molar-refractivity contribution in [2.45, 2.75) is 154 Å². The highest BCUT2D eigenvalue weighted by Crippen LogP contribution is 2.29. The summed E-state index contributed by atoms with van der Waals surface area (Å²) in [4.78, 5) is 42.7. The Hall–Kier alpha value is -5.74. The number of anilines is 2. The summed E-state index contributed by atoms with van der Waals surface area (Å²) < 4.78 is 16.0. The van der Waals surface area contributed by atoms with Crippen molar-refractivity contribution >= 4 is 46.2 Å². The minimum Gasteiger partial charge on any atom is -0.473 e. The lowest BCUT2D eigenvalue weighted by Crippen LogP contribution is -2.37. The van der Waals surface area contributed by atoms with Crippen LogP contribution in [0.3, 0.4) is 0 Å². The monoisotopic (exact) mass is 905 g/mol. The molecule has 16 heteroatoms. The zero-order valence-corrected chi connectivity index (χ0v) is 38.7. The first-order chi connectivity index (χ1) is 32.2. The minimum absolute atomic E-state index is 0.451. The Labute approximate surface area is 387 Å². The van der Waals surface area contributed by atoms with E-state index in [-0.39, 0.29) is 0 Å². The average Bonchev–Trinajstić information content (AvgIpc) is 4.02. The van der Waals surface area contributed by atoms with E-state index in [1.165, 1.54) is 129 Å². The van der Waals surface area contributed by atoms with Crippen molar-refractivity contribution < 1.29 is 28.6 Å². The number of fused-ring (bicyclic) bond motifs is 2. The van der Waals surface area contributed by atoms with E-state index >= 15 is 0 Å². The third-order valence-electron chi connectivity index (χ3n) is 13.8. The third-order valence-corrected chi connectivity index (χ3v) is 13.8. The zero-order chi connectivity index (χ0) is 45.8. The fraction of sp³-hybridized carbons (Fsp3) is 0.560. The molecular weight excluding hydrogens is 837 g/mol. The van der Waals surface area contributed by atoms with Crippen LogP contribution in [0.4, 0.5) is 11.9 Å². The molecule has 0 radical (unpaired) electrons. The summed E-state index contributed by atoms with van der Waals surface area (Å²) in [5, 5.41) is 22.3. The number of furan rings is 2. The molecule has 2 aliphatic carbocycles. The molecular formula is C50H68N10O6. The van der Waals surface area contributed by atoms with Gasteiger partial charge in [-0.15, -0.1) is 0 Å². The van der Waals surface area contributed by atoms with Gasteiger partial charge >= 0.3 is 11.9 Å². The SMILES string of the molecule is Cc1ccc(Cn2c(NC3CCCN(C4CCCCC4)CC3)nc3cccnc32)o1.Cc1ccc(Cn2c(NC3CCCN(C4CCCCC4)CC3)nc3cccnc32)o1.O=C(O)C(=O)O. The molecule has 4 aliphatic rings. The van der Waals surface area contributed by atoms with E-state index in [2.05, 4.69) is 39.5 Å². The molecule has 2 saturated carbocycles. The van der Waals surface area contributed by atoms with Gasteiger partial charge in [0.2, 0.25) is 11.9 Å². The first kappa shape index (κ1) is 46.8. The number of hydrogen-bond acceptors (Lipinski definition) is 12. The van der Waals surface area contributed by atoms with E-state index < -0.39 is 11.9 Å². The van der Waals surface area contributed by atoms with Gasteiger partial charge in [0.1, 0.15) is 34.1 Å². The highest BCUT2D eigenvalue weighted by molar-refractivity contribution is 6.27. The summed E-state index contributed by atoms with van der Waals surface area (Å²) in [6.45, 7) is 10.1. The smallest absolute Gasteiger partial charge is 0.414 e. The first-order valence-corrected chi connectivity index (χ1v) is 24.4. The van der Waals surface area contributed by atoms with Crippen molar-refractivity contribution in [1.82, 2.24) is 38.9 Å². The summed E-state index contributed by atoms with van der Waals surface area (Å²) in [6.07, 6.45) is 25.0. The van der Waals surface area contributed by atoms with Crippen molar-refractivity contribution in [1.29, 1.82) is 0 Å². The van der Waals surface area contributed by atoms with Crippen LogP contribution < -0.4 is 10.6 Å². The van der Waals surface area contributed by atoms with Crippen LogP contribution in [-0.2, 0) is 22.7 Å². The Morgan fingerprint density at radius 3 is 1.36 bits per heavy atom. The molecule has 8 heterocycles. The van der Waals surface area contributed by atoms with Crippen molar-refractivity contribution in [2.24, 2.45) is 0 Å². The van der Waals surface area contributed by atoms with E-state index in [0.29, 0.717) is 25.2 Å². The van der Waals surface area contributed by atoms with Crippen molar-refractivity contribution in [3.63, 3.8) is 0 Å². The predicted molar refractivity (Wildman–Crippen MR) is 255 cm³/mol. The maximum atomic E-state index is 9.10. The number of nitrogens with zero attached hydrogens (tertiary/aromatic N) is 8. The molecule has 354 valence electrons. The lowest BCUT2D eigenvalue weighted by atomic mass is 9.94. The number of carbonyl (C=O) groups is 2. The Morgan fingerprint density at radius 1 is 0.561 bits per heavy atom. The maximum absolute atomic E-state index is 9.10. The van der Waals surface area contributed by atoms with Gasteiger partial charge in [-0.2, -0.15) is 0 Å². The molecule has 6 aromatic heterocycles. The summed E-state index contributed by atoms with van der Waals surface area (Å²) in [7, 11) is 0. The quantitative estimate of drug-likeness (QED) is 0.0951. The fourth-order valence-electron chi connectivity index (χ4n) is 10.4. The normalized spacial score (nSPS) is 20.4. The molecule has 2 saturated heterocycles. The second-order valence-electron chi connectivity index (χ2n) is 18.6. The molecule has 6 aromatic rings. The maximum Gasteiger partial charge on any atom is 0.414 e. The average molecular weight is 905 g/mol. The molecule has 4 N–H and O–H groups in total. The third kappa shape index (κ3) is 12.4. The second kappa shape index (κ2) is 22.6. The number of pyridine rings is 2. The van der Waals surface area contributed by atoms with Crippen LogP contribution in [0.25, 0.3) is 22.3 Å². The number of carboxylic acid groups (broad SMARTS) is 2. The fourth-order valence-corrected chi connectivity index (χ4v) is 10.4. The molecule has 2 aliphatic heterocycles. The highest BCUT2D eigenvalue weighted by atomic mass is 16.4. The van der Waals surface area contributed by atoms with Gasteiger partial charge in [-0.25, -0.2) is 29.5 Å². The van der Waals surface area contributed by atoms with Crippen molar-refractivity contribution in [2.75, 3.05) is 36.8 Å². The Morgan fingerprint density at radius 2 is 0.985 bits per heavy atom. The van der Waals surface area contributed by atoms with Gasteiger partial charge in [0.25, 0.3) is 0 Å². The van der Waals surface area contributed by atoms with E-state index in [1.807, 2.05) is 74.8 Å². The Balaban J connectivity index is 0.000000160. The van der Waals surface area contributed by atoms with Crippen LogP contribution in [0.5, 0.6) is 0 Å². The number of hydrogen-bond donors (Lipinski definition) is 4. The number of imidazole rings is 2. The van der Waals surface area contributed by atoms with Gasteiger partial charge in [0.15, 0.2) is 11.3 Å². The standard InChI is InChI=1S/2C24H33N5O.C2H2O4/c2*1-18-11-12-21(30-18)17-29-23-22(10-5-14-25-23)27-24(29)26-19-7-6-15-28(16-13-19)20-8-3-2-4-9-20;3-1(4)2(5)6/h2*5,10-12,14,19-20H,2-4,6-9,13,15-17H2,1H3,(H,26,27);(H,3,4)(H,5,6). The first-order valence-electron chi connectivity index (χ1n) is 24.4. The Bertz CT molecular complexity index is 2310. The number of nitrogens with one attached hydrogen (secondary N) is 2. The predicted octanol–water partition coefficient (Wildman–Crippen LogP) is 9.12. The van der Waals surface area contributed by atoms with Crippen LogP contribution >= 0.6 is 0 Å². The molecule has 2 atom stereocenters. The van der Waals surface area contributed by atoms with Crippen molar-refractivity contribution in [3.8, 4) is 0 Å². The summed E-state index contributed by atoms with van der Waals surface area (Å²) in [6, 6.07) is 18.6. The number of aryl methyl sites for hydroxylation is 2. The van der Waals surface area contributed by atoms with Gasteiger partial charge in [0.05, 0.1) is 13.1 Å². The van der Waals surface area contributed by atoms with Gasteiger partial charge in [0, 0.05) is 49.7 Å².